The molecule has 4 rings (SSSR count). The van der Waals surface area contributed by atoms with Gasteiger partial charge >= 0.3 is 0 Å². The Kier molecular flexibility index (Phi) is 6.82. The topological polar surface area (TPSA) is 60.9 Å². The number of piperazine rings is 1. The summed E-state index contributed by atoms with van der Waals surface area (Å²) in [4.78, 5) is 24.2. The van der Waals surface area contributed by atoms with Crippen LogP contribution in [0.2, 0.25) is 0 Å². The van der Waals surface area contributed by atoms with Gasteiger partial charge < -0.3 is 15.0 Å². The summed E-state index contributed by atoms with van der Waals surface area (Å²) < 4.78 is 5.55. The van der Waals surface area contributed by atoms with Gasteiger partial charge in [-0.1, -0.05) is 19.3 Å². The van der Waals surface area contributed by atoms with Gasteiger partial charge in [0.25, 0.3) is 0 Å². The Morgan fingerprint density at radius 3 is 2.54 bits per heavy atom. The van der Waals surface area contributed by atoms with Gasteiger partial charge in [0.1, 0.15) is 0 Å². The minimum absolute atomic E-state index is 0.140. The smallest absolute Gasteiger partial charge is 0.234 e. The molecular weight excluding hydrogens is 374 g/mol. The number of morpholine rings is 1. The van der Waals surface area contributed by atoms with Gasteiger partial charge in [0.2, 0.25) is 5.91 Å². The fourth-order valence-corrected chi connectivity index (χ4v) is 5.54. The summed E-state index contributed by atoms with van der Waals surface area (Å²) in [6.45, 7) is 8.64. The Bertz CT molecular complexity index is 606. The van der Waals surface area contributed by atoms with E-state index in [0.29, 0.717) is 6.54 Å². The number of hydrogen-bond donors (Lipinski definition) is 1. The van der Waals surface area contributed by atoms with Gasteiger partial charge in [0.15, 0.2) is 5.13 Å². The molecule has 1 aliphatic carbocycles. The van der Waals surface area contributed by atoms with Crippen LogP contribution in [0.5, 0.6) is 0 Å². The van der Waals surface area contributed by atoms with Crippen LogP contribution in [-0.2, 0) is 9.53 Å². The number of carbonyl (C=O) groups excluding carboxylic acids is 1. The van der Waals surface area contributed by atoms with Gasteiger partial charge in [-0.3, -0.25) is 14.6 Å². The molecular formula is C20H33N5O2S. The van der Waals surface area contributed by atoms with Gasteiger partial charge in [-0.15, -0.1) is 11.3 Å². The van der Waals surface area contributed by atoms with Crippen molar-refractivity contribution in [3.8, 4) is 0 Å². The fourth-order valence-electron chi connectivity index (χ4n) is 4.84. The Balaban J connectivity index is 1.25. The van der Waals surface area contributed by atoms with Crippen molar-refractivity contribution in [2.24, 2.45) is 0 Å². The standard InChI is InChI=1S/C20H33N5O2S/c26-18(16-23-7-9-24(10-8-23)19-21-6-15-28-19)22-17-20(4-2-1-3-5-20)25-11-13-27-14-12-25/h6,15H,1-5,7-14,16-17H2,(H,22,26). The van der Waals surface area contributed by atoms with Crippen molar-refractivity contribution in [2.45, 2.75) is 37.6 Å². The van der Waals surface area contributed by atoms with Crippen molar-refractivity contribution in [3.05, 3.63) is 11.6 Å². The largest absolute Gasteiger partial charge is 0.379 e. The van der Waals surface area contributed by atoms with Gasteiger partial charge in [-0.05, 0) is 12.8 Å². The molecule has 156 valence electrons. The molecule has 3 aliphatic rings. The first-order valence-electron chi connectivity index (χ1n) is 10.7. The molecule has 3 fully saturated rings. The first-order valence-corrected chi connectivity index (χ1v) is 11.6. The second-order valence-electron chi connectivity index (χ2n) is 8.24. The summed E-state index contributed by atoms with van der Waals surface area (Å²) in [6, 6.07) is 0. The number of rotatable bonds is 6. The molecule has 2 saturated heterocycles. The van der Waals surface area contributed by atoms with Crippen LogP contribution in [0.4, 0.5) is 5.13 Å². The van der Waals surface area contributed by atoms with Crippen molar-refractivity contribution >= 4 is 22.4 Å². The van der Waals surface area contributed by atoms with Gasteiger partial charge in [0.05, 0.1) is 19.8 Å². The quantitative estimate of drug-likeness (QED) is 0.770. The van der Waals surface area contributed by atoms with E-state index in [2.05, 4.69) is 25.0 Å². The number of ether oxygens (including phenoxy) is 1. The molecule has 7 nitrogen and oxygen atoms in total. The lowest BCUT2D eigenvalue weighted by Crippen LogP contribution is -2.60. The molecule has 1 aromatic heterocycles. The maximum Gasteiger partial charge on any atom is 0.234 e. The maximum absolute atomic E-state index is 12.7. The van der Waals surface area contributed by atoms with E-state index in [1.54, 1.807) is 11.3 Å². The monoisotopic (exact) mass is 407 g/mol. The van der Waals surface area contributed by atoms with E-state index in [9.17, 15) is 4.79 Å². The normalized spacial score (nSPS) is 24.2. The number of carbonyl (C=O) groups is 1. The second kappa shape index (κ2) is 9.52. The third kappa shape index (κ3) is 4.84. The molecule has 0 radical (unpaired) electrons. The predicted octanol–water partition coefficient (Wildman–Crippen LogP) is 1.42. The average Bonchev–Trinajstić information content (AvgIpc) is 3.29. The van der Waals surface area contributed by atoms with Crippen molar-refractivity contribution in [3.63, 3.8) is 0 Å². The highest BCUT2D eigenvalue weighted by atomic mass is 32.1. The zero-order valence-corrected chi connectivity index (χ0v) is 17.6. The van der Waals surface area contributed by atoms with Gasteiger partial charge in [0, 0.05) is 62.9 Å². The highest BCUT2D eigenvalue weighted by molar-refractivity contribution is 7.13. The third-order valence-electron chi connectivity index (χ3n) is 6.51. The Morgan fingerprint density at radius 1 is 1.11 bits per heavy atom. The fraction of sp³-hybridized carbons (Fsp3) is 0.800. The molecule has 1 saturated carbocycles. The minimum atomic E-state index is 0.140. The van der Waals surface area contributed by atoms with Crippen LogP contribution >= 0.6 is 11.3 Å². The van der Waals surface area contributed by atoms with Crippen LogP contribution in [0.15, 0.2) is 11.6 Å². The summed E-state index contributed by atoms with van der Waals surface area (Å²) in [5.41, 5.74) is 0.140. The second-order valence-corrected chi connectivity index (χ2v) is 9.11. The van der Waals surface area contributed by atoms with Crippen LogP contribution in [0, 0.1) is 0 Å². The van der Waals surface area contributed by atoms with Crippen LogP contribution in [-0.4, -0.2) is 91.8 Å². The van der Waals surface area contributed by atoms with Crippen molar-refractivity contribution in [2.75, 3.05) is 70.5 Å². The lowest BCUT2D eigenvalue weighted by molar-refractivity contribution is -0.123. The number of aromatic nitrogens is 1. The summed E-state index contributed by atoms with van der Waals surface area (Å²) in [6.07, 6.45) is 8.11. The molecule has 0 aromatic carbocycles. The van der Waals surface area contributed by atoms with E-state index < -0.39 is 0 Å². The first-order chi connectivity index (χ1) is 13.8. The molecule has 8 heteroatoms. The van der Waals surface area contributed by atoms with Gasteiger partial charge in [-0.25, -0.2) is 4.98 Å². The molecule has 28 heavy (non-hydrogen) atoms. The van der Waals surface area contributed by atoms with E-state index in [4.69, 9.17) is 4.74 Å². The highest BCUT2D eigenvalue weighted by Crippen LogP contribution is 2.33. The third-order valence-corrected chi connectivity index (χ3v) is 7.34. The van der Waals surface area contributed by atoms with E-state index in [-0.39, 0.29) is 11.4 Å². The van der Waals surface area contributed by atoms with Crippen LogP contribution in [0.1, 0.15) is 32.1 Å². The van der Waals surface area contributed by atoms with E-state index in [1.807, 2.05) is 11.6 Å². The Hall–Kier alpha value is -1.22. The molecule has 2 aliphatic heterocycles. The maximum atomic E-state index is 12.7. The molecule has 0 spiro atoms. The van der Waals surface area contributed by atoms with Gasteiger partial charge in [-0.2, -0.15) is 0 Å². The zero-order chi connectivity index (χ0) is 19.2. The van der Waals surface area contributed by atoms with E-state index in [1.165, 1.54) is 32.1 Å². The van der Waals surface area contributed by atoms with Crippen molar-refractivity contribution in [1.29, 1.82) is 0 Å². The van der Waals surface area contributed by atoms with Crippen molar-refractivity contribution in [1.82, 2.24) is 20.1 Å². The molecule has 1 N–H and O–H groups in total. The predicted molar refractivity (Wildman–Crippen MR) is 112 cm³/mol. The Morgan fingerprint density at radius 2 is 1.86 bits per heavy atom. The zero-order valence-electron chi connectivity index (χ0n) is 16.8. The van der Waals surface area contributed by atoms with E-state index >= 15 is 0 Å². The lowest BCUT2D eigenvalue weighted by atomic mass is 9.79. The average molecular weight is 408 g/mol. The molecule has 0 atom stereocenters. The molecule has 3 heterocycles. The number of nitrogens with one attached hydrogen (secondary N) is 1. The number of nitrogens with zero attached hydrogens (tertiary/aromatic N) is 4. The SMILES string of the molecule is O=C(CN1CCN(c2nccs2)CC1)NCC1(N2CCOCC2)CCCCC1. The lowest BCUT2D eigenvalue weighted by Gasteiger charge is -2.48. The van der Waals surface area contributed by atoms with Crippen LogP contribution < -0.4 is 10.2 Å². The van der Waals surface area contributed by atoms with Crippen LogP contribution in [0.3, 0.4) is 0 Å². The highest BCUT2D eigenvalue weighted by Gasteiger charge is 2.38. The number of thiazole rings is 1. The molecule has 0 unspecified atom stereocenters. The summed E-state index contributed by atoms with van der Waals surface area (Å²) in [5.74, 6) is 0.168. The van der Waals surface area contributed by atoms with E-state index in [0.717, 1.165) is 64.2 Å². The summed E-state index contributed by atoms with van der Waals surface area (Å²) in [5, 5.41) is 6.40. The molecule has 1 amide bonds. The first kappa shape index (κ1) is 20.1. The minimum Gasteiger partial charge on any atom is -0.379 e. The number of anilines is 1. The molecule has 1 aromatic rings. The number of amides is 1. The summed E-state index contributed by atoms with van der Waals surface area (Å²) in [7, 11) is 0. The van der Waals surface area contributed by atoms with Crippen molar-refractivity contribution < 1.29 is 9.53 Å². The number of hydrogen-bond acceptors (Lipinski definition) is 7. The molecule has 0 bridgehead atoms. The Labute approximate surface area is 172 Å². The van der Waals surface area contributed by atoms with Crippen LogP contribution in [0.25, 0.3) is 0 Å². The summed E-state index contributed by atoms with van der Waals surface area (Å²) >= 11 is 1.68.